The van der Waals surface area contributed by atoms with E-state index < -0.39 is 13.7 Å². The average Bonchev–Trinajstić information content (AvgIpc) is 2.10. The number of ketones is 1. The van der Waals surface area contributed by atoms with Gasteiger partial charge in [-0.1, -0.05) is 33.6 Å². The molecule has 0 radical (unpaired) electrons. The topological polar surface area (TPSA) is 63.6 Å². The van der Waals surface area contributed by atoms with Gasteiger partial charge in [0.25, 0.3) is 0 Å². The Morgan fingerprint density at radius 3 is 2.50 bits per heavy atom. The third kappa shape index (κ3) is 5.43. The Hall–Kier alpha value is -0.310. The van der Waals surface area contributed by atoms with E-state index in [9.17, 15) is 9.36 Å². The molecular weight excluding hydrogens is 203 g/mol. The van der Waals surface area contributed by atoms with Crippen LogP contribution in [0.4, 0.5) is 0 Å². The van der Waals surface area contributed by atoms with Crippen molar-refractivity contribution in [1.82, 2.24) is 0 Å². The maximum Gasteiger partial charge on any atom is 0.695 e. The molecule has 0 fully saturated rings. The number of unbranched alkanes of at least 4 members (excludes halogenated alkanes) is 1. The maximum atomic E-state index is 11.5. The van der Waals surface area contributed by atoms with Crippen LogP contribution in [0.15, 0.2) is 0 Å². The van der Waals surface area contributed by atoms with Crippen LogP contribution < -0.4 is 0 Å². The summed E-state index contributed by atoms with van der Waals surface area (Å²) >= 11 is 0. The summed E-state index contributed by atoms with van der Waals surface area (Å²) in [6, 6.07) is 0. The fourth-order valence-electron chi connectivity index (χ4n) is 1.07. The first-order chi connectivity index (χ1) is 6.40. The van der Waals surface area contributed by atoms with Crippen LogP contribution in [0.3, 0.4) is 0 Å². The molecule has 0 saturated heterocycles. The molecule has 82 valence electrons. The molecule has 0 saturated carbocycles. The molecule has 4 nitrogen and oxygen atoms in total. The van der Waals surface area contributed by atoms with Crippen LogP contribution in [0.5, 0.6) is 0 Å². The average molecular weight is 221 g/mol. The van der Waals surface area contributed by atoms with Crippen molar-refractivity contribution in [2.45, 2.75) is 40.0 Å². The molecule has 1 unspecified atom stereocenters. The molecule has 0 aliphatic rings. The molecule has 0 rings (SSSR count). The van der Waals surface area contributed by atoms with Gasteiger partial charge in [-0.25, -0.2) is 0 Å². The highest BCUT2D eigenvalue weighted by molar-refractivity contribution is 7.32. The summed E-state index contributed by atoms with van der Waals surface area (Å²) < 4.78 is 14.6. The molecule has 5 heteroatoms. The number of hydrogen-bond acceptors (Lipinski definition) is 3. The number of Topliss-reactive ketones (excluding diaryl/α,β-unsaturated/α-hetero) is 1. The van der Waals surface area contributed by atoms with Gasteiger partial charge in [-0.2, -0.15) is 0 Å². The van der Waals surface area contributed by atoms with E-state index in [1.807, 2.05) is 13.8 Å². The van der Waals surface area contributed by atoms with Crippen LogP contribution >= 0.6 is 8.25 Å². The lowest BCUT2D eigenvalue weighted by molar-refractivity contribution is -0.129. The normalized spacial score (nSPS) is 12.7. The Kier molecular flexibility index (Phi) is 6.09. The van der Waals surface area contributed by atoms with Gasteiger partial charge in [0, 0.05) is 9.98 Å². The number of rotatable bonds is 7. The smallest absolute Gasteiger partial charge is 0.296 e. The molecule has 0 aliphatic carbocycles. The summed E-state index contributed by atoms with van der Waals surface area (Å²) in [5, 5.41) is 0. The molecule has 0 amide bonds. The van der Waals surface area contributed by atoms with E-state index in [1.165, 1.54) is 0 Å². The van der Waals surface area contributed by atoms with E-state index in [0.29, 0.717) is 0 Å². The minimum Gasteiger partial charge on any atom is -0.296 e. The lowest BCUT2D eigenvalue weighted by Gasteiger charge is -2.20. The summed E-state index contributed by atoms with van der Waals surface area (Å²) in [4.78, 5) is 19.9. The van der Waals surface area contributed by atoms with Gasteiger partial charge in [-0.05, 0) is 6.42 Å². The first kappa shape index (κ1) is 13.7. The summed E-state index contributed by atoms with van der Waals surface area (Å²) in [5.74, 6) is -0.122. The molecule has 0 bridgehead atoms. The Balaban J connectivity index is 4.00. The molecule has 1 N–H and O–H groups in total. The zero-order valence-electron chi connectivity index (χ0n) is 8.95. The lowest BCUT2D eigenvalue weighted by Crippen LogP contribution is -2.27. The molecule has 14 heavy (non-hydrogen) atoms. The van der Waals surface area contributed by atoms with Gasteiger partial charge in [0.1, 0.15) is 0 Å². The van der Waals surface area contributed by atoms with Gasteiger partial charge in [-0.3, -0.25) is 4.79 Å². The van der Waals surface area contributed by atoms with Crippen molar-refractivity contribution >= 4 is 14.0 Å². The van der Waals surface area contributed by atoms with Gasteiger partial charge < -0.3 is 0 Å². The van der Waals surface area contributed by atoms with Crippen molar-refractivity contribution in [3.8, 4) is 0 Å². The Bertz CT molecular complexity index is 213. The predicted molar refractivity (Wildman–Crippen MR) is 54.1 cm³/mol. The monoisotopic (exact) mass is 221 g/mol. The minimum absolute atomic E-state index is 0.122. The van der Waals surface area contributed by atoms with Crippen molar-refractivity contribution in [1.29, 1.82) is 0 Å². The van der Waals surface area contributed by atoms with Gasteiger partial charge in [0.05, 0.1) is 0 Å². The van der Waals surface area contributed by atoms with E-state index in [4.69, 9.17) is 4.89 Å². The highest BCUT2D eigenvalue weighted by Gasteiger charge is 2.29. The quantitative estimate of drug-likeness (QED) is 0.670. The first-order valence-electron chi connectivity index (χ1n) is 4.72. The fraction of sp³-hybridized carbons (Fsp3) is 0.889. The van der Waals surface area contributed by atoms with Crippen molar-refractivity contribution in [3.05, 3.63) is 0 Å². The Morgan fingerprint density at radius 1 is 1.50 bits per heavy atom. The number of carbonyl (C=O) groups excluding carboxylic acids is 1. The van der Waals surface area contributed by atoms with Crippen LogP contribution in [-0.2, 0) is 13.9 Å². The summed E-state index contributed by atoms with van der Waals surface area (Å²) in [6.45, 7) is 5.45. The van der Waals surface area contributed by atoms with E-state index in [0.717, 1.165) is 19.3 Å². The van der Waals surface area contributed by atoms with Gasteiger partial charge >= 0.3 is 8.25 Å². The van der Waals surface area contributed by atoms with E-state index >= 15 is 0 Å². The Labute approximate surface area is 85.6 Å². The third-order valence-electron chi connectivity index (χ3n) is 2.22. The molecule has 0 aromatic heterocycles. The van der Waals surface area contributed by atoms with Gasteiger partial charge in [-0.15, -0.1) is 9.42 Å². The number of carbonyl (C=O) groups is 1. The zero-order valence-corrected chi connectivity index (χ0v) is 9.84. The van der Waals surface area contributed by atoms with Crippen molar-refractivity contribution in [2.24, 2.45) is 5.41 Å². The summed E-state index contributed by atoms with van der Waals surface area (Å²) in [6.07, 6.45) is 2.80. The molecule has 0 aliphatic heterocycles. The molecule has 0 heterocycles. The number of hydrogen-bond donors (Lipinski definition) is 1. The second-order valence-corrected chi connectivity index (χ2v) is 4.66. The fourth-order valence-corrected chi connectivity index (χ4v) is 1.30. The van der Waals surface area contributed by atoms with E-state index in [-0.39, 0.29) is 12.4 Å². The second kappa shape index (κ2) is 6.23. The summed E-state index contributed by atoms with van der Waals surface area (Å²) in [5.41, 5.74) is -0.457. The minimum atomic E-state index is -2.66. The van der Waals surface area contributed by atoms with Crippen LogP contribution in [0.25, 0.3) is 0 Å². The second-order valence-electron chi connectivity index (χ2n) is 3.92. The van der Waals surface area contributed by atoms with Gasteiger partial charge in [0.2, 0.25) is 0 Å². The Morgan fingerprint density at radius 2 is 2.07 bits per heavy atom. The van der Waals surface area contributed by atoms with Crippen LogP contribution in [0.1, 0.15) is 40.0 Å². The van der Waals surface area contributed by atoms with E-state index in [1.54, 1.807) is 0 Å². The van der Waals surface area contributed by atoms with Crippen LogP contribution in [-0.4, -0.2) is 17.3 Å². The highest BCUT2D eigenvalue weighted by atomic mass is 31.1. The predicted octanol–water partition coefficient (Wildman–Crippen LogP) is 2.44. The third-order valence-corrected chi connectivity index (χ3v) is 2.57. The summed E-state index contributed by atoms with van der Waals surface area (Å²) in [7, 11) is -2.66. The van der Waals surface area contributed by atoms with Crippen molar-refractivity contribution in [2.75, 3.05) is 6.61 Å². The SMILES string of the molecule is CCCCC(C)(C)C(=O)CO[P+](=O)O. The van der Waals surface area contributed by atoms with E-state index in [2.05, 4.69) is 11.4 Å². The standard InChI is InChI=1S/C9H17O4P/c1-4-5-6-9(2,3)8(10)7-13-14(11)12/h4-7H2,1-3H3/p+1. The molecule has 0 aromatic carbocycles. The van der Waals surface area contributed by atoms with Gasteiger partial charge in [0.15, 0.2) is 12.4 Å². The van der Waals surface area contributed by atoms with Crippen molar-refractivity contribution in [3.63, 3.8) is 0 Å². The zero-order chi connectivity index (χ0) is 11.2. The molecular formula is C9H18O4P+. The molecule has 0 spiro atoms. The maximum absolute atomic E-state index is 11.5. The van der Waals surface area contributed by atoms with Crippen LogP contribution in [0, 0.1) is 5.41 Å². The largest absolute Gasteiger partial charge is 0.695 e. The molecule has 1 atom stereocenters. The lowest BCUT2D eigenvalue weighted by atomic mass is 9.83. The molecule has 0 aromatic rings. The first-order valence-corrected chi connectivity index (χ1v) is 5.85. The van der Waals surface area contributed by atoms with Crippen LogP contribution in [0.2, 0.25) is 0 Å². The van der Waals surface area contributed by atoms with Crippen molar-refractivity contribution < 1.29 is 18.8 Å². The highest BCUT2D eigenvalue weighted by Crippen LogP contribution is 2.26.